The highest BCUT2D eigenvalue weighted by molar-refractivity contribution is 7.89. The fraction of sp³-hybridized carbons (Fsp3) is 0.360. The molecule has 0 spiro atoms. The van der Waals surface area contributed by atoms with Gasteiger partial charge in [-0.2, -0.15) is 4.31 Å². The lowest BCUT2D eigenvalue weighted by atomic mass is 9.98. The van der Waals surface area contributed by atoms with Crippen molar-refractivity contribution in [3.8, 4) is 22.8 Å². The molecular formula is C25H29ClN4O5S2. The molecule has 0 aliphatic carbocycles. The fourth-order valence-electron chi connectivity index (χ4n) is 4.19. The maximum atomic E-state index is 13.5. The lowest BCUT2D eigenvalue weighted by molar-refractivity contribution is -0.120. The van der Waals surface area contributed by atoms with Gasteiger partial charge in [0.15, 0.2) is 5.13 Å². The molecule has 1 fully saturated rings. The molecule has 2 heterocycles. The van der Waals surface area contributed by atoms with E-state index < -0.39 is 15.9 Å². The Bertz CT molecular complexity index is 1380. The van der Waals surface area contributed by atoms with E-state index in [1.54, 1.807) is 32.2 Å². The van der Waals surface area contributed by atoms with Gasteiger partial charge in [-0.1, -0.05) is 11.6 Å². The largest absolute Gasteiger partial charge is 0.495 e. The number of anilines is 2. The second kappa shape index (κ2) is 11.7. The van der Waals surface area contributed by atoms with E-state index in [2.05, 4.69) is 15.6 Å². The molecule has 1 atom stereocenters. The zero-order valence-electron chi connectivity index (χ0n) is 20.8. The number of nitrogens with zero attached hydrogens (tertiary/aromatic N) is 2. The fourth-order valence-corrected chi connectivity index (χ4v) is 6.79. The number of sulfonamides is 1. The number of rotatable bonds is 9. The summed E-state index contributed by atoms with van der Waals surface area (Å²) in [6.45, 7) is 2.45. The SMILES string of the molecule is CCOc1ccc(Cl)cc1S(=O)(=O)N1CCC[C@H](C(=O)Nc2cc(-c3csc(NC)n3)ccc2OC)C1. The zero-order valence-corrected chi connectivity index (χ0v) is 23.2. The molecule has 198 valence electrons. The molecule has 3 aromatic rings. The Balaban J connectivity index is 1.54. The van der Waals surface area contributed by atoms with E-state index in [0.717, 1.165) is 16.4 Å². The van der Waals surface area contributed by atoms with Crippen LogP contribution in [0.2, 0.25) is 5.02 Å². The number of methoxy groups -OCH3 is 1. The summed E-state index contributed by atoms with van der Waals surface area (Å²) in [6.07, 6.45) is 1.11. The van der Waals surface area contributed by atoms with Crippen molar-refractivity contribution >= 4 is 49.7 Å². The number of piperidine rings is 1. The summed E-state index contributed by atoms with van der Waals surface area (Å²) >= 11 is 7.59. The predicted octanol–water partition coefficient (Wildman–Crippen LogP) is 4.95. The number of amides is 1. The molecule has 0 bridgehead atoms. The molecule has 0 saturated carbocycles. The van der Waals surface area contributed by atoms with Crippen LogP contribution in [0.25, 0.3) is 11.3 Å². The van der Waals surface area contributed by atoms with Crippen LogP contribution >= 0.6 is 22.9 Å². The Morgan fingerprint density at radius 3 is 2.73 bits per heavy atom. The Morgan fingerprint density at radius 1 is 1.24 bits per heavy atom. The monoisotopic (exact) mass is 564 g/mol. The quantitative estimate of drug-likeness (QED) is 0.378. The molecule has 2 N–H and O–H groups in total. The molecule has 0 unspecified atom stereocenters. The maximum Gasteiger partial charge on any atom is 0.246 e. The molecule has 1 saturated heterocycles. The summed E-state index contributed by atoms with van der Waals surface area (Å²) in [7, 11) is -0.591. The number of halogens is 1. The van der Waals surface area contributed by atoms with E-state index in [1.807, 2.05) is 17.5 Å². The summed E-state index contributed by atoms with van der Waals surface area (Å²) in [6, 6.07) is 9.98. The molecule has 12 heteroatoms. The number of thiazole rings is 1. The Kier molecular flexibility index (Phi) is 8.58. The molecule has 4 rings (SSSR count). The molecule has 0 radical (unpaired) electrons. The van der Waals surface area contributed by atoms with Gasteiger partial charge in [-0.3, -0.25) is 4.79 Å². The first-order valence-corrected chi connectivity index (χ1v) is 14.5. The van der Waals surface area contributed by atoms with E-state index in [0.29, 0.717) is 42.5 Å². The van der Waals surface area contributed by atoms with Crippen molar-refractivity contribution in [1.29, 1.82) is 0 Å². The summed E-state index contributed by atoms with van der Waals surface area (Å²) < 4.78 is 39.4. The summed E-state index contributed by atoms with van der Waals surface area (Å²) in [5.41, 5.74) is 2.10. The van der Waals surface area contributed by atoms with Gasteiger partial charge in [-0.15, -0.1) is 11.3 Å². The number of hydrogen-bond acceptors (Lipinski definition) is 8. The number of hydrogen-bond donors (Lipinski definition) is 2. The van der Waals surface area contributed by atoms with Gasteiger partial charge in [0.05, 0.1) is 31.0 Å². The zero-order chi connectivity index (χ0) is 26.6. The van der Waals surface area contributed by atoms with Crippen molar-refractivity contribution in [2.24, 2.45) is 5.92 Å². The van der Waals surface area contributed by atoms with Crippen LogP contribution in [-0.4, -0.2) is 57.5 Å². The lowest BCUT2D eigenvalue weighted by Crippen LogP contribution is -2.43. The second-order valence-corrected chi connectivity index (χ2v) is 11.6. The second-order valence-electron chi connectivity index (χ2n) is 8.42. The van der Waals surface area contributed by atoms with Gasteiger partial charge in [0, 0.05) is 36.1 Å². The first-order valence-electron chi connectivity index (χ1n) is 11.8. The first-order chi connectivity index (χ1) is 17.8. The van der Waals surface area contributed by atoms with Gasteiger partial charge in [-0.05, 0) is 56.2 Å². The molecule has 1 amide bonds. The van der Waals surface area contributed by atoms with Crippen molar-refractivity contribution in [1.82, 2.24) is 9.29 Å². The van der Waals surface area contributed by atoms with Crippen LogP contribution in [0.4, 0.5) is 10.8 Å². The Labute approximate surface area is 225 Å². The summed E-state index contributed by atoms with van der Waals surface area (Å²) in [4.78, 5) is 17.8. The standard InChI is InChI=1S/C25H29ClN4O5S2/c1-4-35-22-10-8-18(26)13-23(22)37(32,33)30-11-5-6-17(14-30)24(31)28-19-12-16(7-9-21(19)34-3)20-15-36-25(27-2)29-20/h7-10,12-13,15,17H,4-6,11,14H2,1-3H3,(H,27,29)(H,28,31)/t17-/m0/s1. The van der Waals surface area contributed by atoms with Crippen LogP contribution < -0.4 is 20.1 Å². The third kappa shape index (κ3) is 6.01. The van der Waals surface area contributed by atoms with E-state index >= 15 is 0 Å². The van der Waals surface area contributed by atoms with Crippen molar-refractivity contribution in [3.05, 3.63) is 46.8 Å². The van der Waals surface area contributed by atoms with E-state index in [9.17, 15) is 13.2 Å². The molecule has 37 heavy (non-hydrogen) atoms. The molecule has 1 aliphatic rings. The number of ether oxygens (including phenoxy) is 2. The van der Waals surface area contributed by atoms with E-state index in [-0.39, 0.29) is 23.1 Å². The minimum absolute atomic E-state index is 0.00137. The molecule has 1 aromatic heterocycles. The summed E-state index contributed by atoms with van der Waals surface area (Å²) in [5.74, 6) is -0.0762. The van der Waals surface area contributed by atoms with Crippen LogP contribution in [0.1, 0.15) is 19.8 Å². The van der Waals surface area contributed by atoms with Crippen molar-refractivity contribution in [3.63, 3.8) is 0 Å². The molecule has 2 aromatic carbocycles. The van der Waals surface area contributed by atoms with Gasteiger partial charge in [-0.25, -0.2) is 13.4 Å². The van der Waals surface area contributed by atoms with Gasteiger partial charge in [0.1, 0.15) is 16.4 Å². The van der Waals surface area contributed by atoms with Crippen LogP contribution in [-0.2, 0) is 14.8 Å². The number of nitrogens with one attached hydrogen (secondary N) is 2. The highest BCUT2D eigenvalue weighted by atomic mass is 35.5. The van der Waals surface area contributed by atoms with Crippen molar-refractivity contribution in [2.45, 2.75) is 24.7 Å². The van der Waals surface area contributed by atoms with E-state index in [4.69, 9.17) is 21.1 Å². The number of aromatic nitrogens is 1. The van der Waals surface area contributed by atoms with Crippen LogP contribution in [0.15, 0.2) is 46.7 Å². The number of carbonyl (C=O) groups is 1. The minimum atomic E-state index is -3.93. The Morgan fingerprint density at radius 2 is 2.03 bits per heavy atom. The molecule has 1 aliphatic heterocycles. The van der Waals surface area contributed by atoms with E-state index in [1.165, 1.54) is 28.8 Å². The van der Waals surface area contributed by atoms with Gasteiger partial charge < -0.3 is 20.1 Å². The van der Waals surface area contributed by atoms with Gasteiger partial charge >= 0.3 is 0 Å². The Hall–Kier alpha value is -2.86. The van der Waals surface area contributed by atoms with Crippen LogP contribution in [0.3, 0.4) is 0 Å². The number of benzene rings is 2. The smallest absolute Gasteiger partial charge is 0.246 e. The van der Waals surface area contributed by atoms with Crippen LogP contribution in [0.5, 0.6) is 11.5 Å². The maximum absolute atomic E-state index is 13.5. The lowest BCUT2D eigenvalue weighted by Gasteiger charge is -2.31. The molecule has 9 nitrogen and oxygen atoms in total. The normalized spacial score (nSPS) is 16.3. The molecular weight excluding hydrogens is 536 g/mol. The average Bonchev–Trinajstić information content (AvgIpc) is 3.39. The van der Waals surface area contributed by atoms with Crippen LogP contribution in [0, 0.1) is 5.92 Å². The summed E-state index contributed by atoms with van der Waals surface area (Å²) in [5, 5.41) is 8.96. The van der Waals surface area contributed by atoms with Crippen molar-refractivity contribution in [2.75, 3.05) is 44.5 Å². The third-order valence-electron chi connectivity index (χ3n) is 6.05. The van der Waals surface area contributed by atoms with Crippen molar-refractivity contribution < 1.29 is 22.7 Å². The highest BCUT2D eigenvalue weighted by Gasteiger charge is 2.35. The minimum Gasteiger partial charge on any atom is -0.495 e. The topological polar surface area (TPSA) is 110 Å². The van der Waals surface area contributed by atoms with Gasteiger partial charge in [0.2, 0.25) is 15.9 Å². The van der Waals surface area contributed by atoms with Gasteiger partial charge in [0.25, 0.3) is 0 Å². The highest BCUT2D eigenvalue weighted by Crippen LogP contribution is 2.35. The predicted molar refractivity (Wildman–Crippen MR) is 146 cm³/mol. The number of carbonyl (C=O) groups excluding carboxylic acids is 1. The third-order valence-corrected chi connectivity index (χ3v) is 9.03. The average molecular weight is 565 g/mol. The first kappa shape index (κ1) is 27.2.